The lowest BCUT2D eigenvalue weighted by Crippen LogP contribution is -2.50. The molecule has 2 fully saturated rings. The van der Waals surface area contributed by atoms with Crippen LogP contribution >= 0.6 is 0 Å². The van der Waals surface area contributed by atoms with Crippen molar-refractivity contribution in [2.75, 3.05) is 0 Å². The van der Waals surface area contributed by atoms with E-state index in [2.05, 4.69) is 68.0 Å². The Balaban J connectivity index is 2.00. The van der Waals surface area contributed by atoms with Crippen LogP contribution in [0.3, 0.4) is 0 Å². The van der Waals surface area contributed by atoms with E-state index >= 15 is 0 Å². The van der Waals surface area contributed by atoms with Crippen LogP contribution in [0.25, 0.3) is 5.69 Å². The molecule has 0 aliphatic heterocycles. The summed E-state index contributed by atoms with van der Waals surface area (Å²) in [5.74, 6) is 2.26. The molecule has 158 valence electrons. The first-order chi connectivity index (χ1) is 13.9. The van der Waals surface area contributed by atoms with Gasteiger partial charge in [-0.1, -0.05) is 43.9 Å². The zero-order chi connectivity index (χ0) is 20.6. The molecule has 4 rings (SSSR count). The molecule has 0 spiro atoms. The Morgan fingerprint density at radius 1 is 0.828 bits per heavy atom. The fourth-order valence-electron chi connectivity index (χ4n) is 6.05. The number of benzene rings is 1. The highest BCUT2D eigenvalue weighted by Crippen LogP contribution is 2.39. The monoisotopic (exact) mass is 393 g/mol. The van der Waals surface area contributed by atoms with E-state index in [1.54, 1.807) is 5.69 Å². The maximum absolute atomic E-state index is 2.87. The van der Waals surface area contributed by atoms with E-state index in [9.17, 15) is 0 Å². The average molecular weight is 394 g/mol. The Hall–Kier alpha value is -1.57. The predicted molar refractivity (Wildman–Crippen MR) is 122 cm³/mol. The number of aryl methyl sites for hydroxylation is 1. The Morgan fingerprint density at radius 3 is 2.00 bits per heavy atom. The Kier molecular flexibility index (Phi) is 5.91. The van der Waals surface area contributed by atoms with Gasteiger partial charge in [0.15, 0.2) is 0 Å². The topological polar surface area (TPSA) is 8.81 Å². The average Bonchev–Trinajstić information content (AvgIpc) is 3.03. The fourth-order valence-corrected chi connectivity index (χ4v) is 6.05. The smallest absolute Gasteiger partial charge is 0.227 e. The number of aromatic nitrogens is 2. The largest absolute Gasteiger partial charge is 0.267 e. The van der Waals surface area contributed by atoms with Crippen LogP contribution in [-0.2, 0) is 5.41 Å². The molecule has 29 heavy (non-hydrogen) atoms. The van der Waals surface area contributed by atoms with Crippen LogP contribution in [0.15, 0.2) is 24.3 Å². The van der Waals surface area contributed by atoms with Crippen molar-refractivity contribution in [3.05, 3.63) is 47.0 Å². The molecule has 2 heteroatoms. The number of hydrogen-bond donors (Lipinski definition) is 0. The lowest BCUT2D eigenvalue weighted by Gasteiger charge is -2.28. The van der Waals surface area contributed by atoms with E-state index in [1.807, 2.05) is 0 Å². The maximum atomic E-state index is 2.87. The summed E-state index contributed by atoms with van der Waals surface area (Å²) >= 11 is 0. The molecule has 1 aromatic heterocycles. The van der Waals surface area contributed by atoms with Crippen LogP contribution in [0.1, 0.15) is 120 Å². The molecule has 2 aliphatic rings. The van der Waals surface area contributed by atoms with Gasteiger partial charge in [0.05, 0.1) is 5.41 Å². The van der Waals surface area contributed by atoms with Crippen molar-refractivity contribution in [2.45, 2.75) is 116 Å². The van der Waals surface area contributed by atoms with Gasteiger partial charge in [-0.3, -0.25) is 0 Å². The minimum Gasteiger partial charge on any atom is -0.227 e. The van der Waals surface area contributed by atoms with Gasteiger partial charge in [0.1, 0.15) is 23.1 Å². The molecule has 0 amide bonds. The summed E-state index contributed by atoms with van der Waals surface area (Å²) in [5.41, 5.74) is 6.03. The standard InChI is InChI=1S/C27H41N2/c1-20-14-12-13-19-24(20)28-21(2)25(22-15-8-6-9-16-22)29(26(28)27(3,4)5)23-17-10-7-11-18-23/h12-14,19,22-23H,6-11,15-18H2,1-5H3/q+1. The summed E-state index contributed by atoms with van der Waals surface area (Å²) in [6.45, 7) is 11.9. The Bertz CT molecular complexity index is 840. The van der Waals surface area contributed by atoms with Gasteiger partial charge >= 0.3 is 0 Å². The van der Waals surface area contributed by atoms with Gasteiger partial charge in [0.2, 0.25) is 0 Å². The minimum absolute atomic E-state index is 0.109. The first-order valence-electron chi connectivity index (χ1n) is 12.1. The van der Waals surface area contributed by atoms with Crippen LogP contribution in [-0.4, -0.2) is 4.57 Å². The molecule has 0 atom stereocenters. The normalized spacial score (nSPS) is 19.6. The molecule has 0 N–H and O–H groups in total. The molecule has 2 nitrogen and oxygen atoms in total. The van der Waals surface area contributed by atoms with Crippen molar-refractivity contribution in [1.82, 2.24) is 4.57 Å². The summed E-state index contributed by atoms with van der Waals surface area (Å²) in [4.78, 5) is 0. The third-order valence-corrected chi connectivity index (χ3v) is 7.36. The second-order valence-electron chi connectivity index (χ2n) is 10.7. The molecule has 2 aliphatic carbocycles. The lowest BCUT2D eigenvalue weighted by atomic mass is 9.85. The zero-order valence-electron chi connectivity index (χ0n) is 19.4. The van der Waals surface area contributed by atoms with Crippen LogP contribution < -0.4 is 4.57 Å². The second kappa shape index (κ2) is 8.28. The van der Waals surface area contributed by atoms with Gasteiger partial charge in [0, 0.05) is 12.8 Å². The van der Waals surface area contributed by atoms with Crippen LogP contribution in [0.5, 0.6) is 0 Å². The van der Waals surface area contributed by atoms with Crippen molar-refractivity contribution in [3.8, 4) is 5.69 Å². The third kappa shape index (κ3) is 3.92. The second-order valence-corrected chi connectivity index (χ2v) is 10.7. The van der Waals surface area contributed by atoms with E-state index in [-0.39, 0.29) is 5.41 Å². The van der Waals surface area contributed by atoms with E-state index in [0.29, 0.717) is 6.04 Å². The van der Waals surface area contributed by atoms with Crippen molar-refractivity contribution in [1.29, 1.82) is 0 Å². The van der Waals surface area contributed by atoms with E-state index in [1.165, 1.54) is 87.0 Å². The van der Waals surface area contributed by atoms with Crippen LogP contribution in [0.4, 0.5) is 0 Å². The molecule has 1 heterocycles. The van der Waals surface area contributed by atoms with Crippen LogP contribution in [0, 0.1) is 13.8 Å². The van der Waals surface area contributed by atoms with Gasteiger partial charge in [0.25, 0.3) is 5.82 Å². The first-order valence-corrected chi connectivity index (χ1v) is 12.1. The van der Waals surface area contributed by atoms with Gasteiger partial charge in [-0.15, -0.1) is 0 Å². The Morgan fingerprint density at radius 2 is 1.41 bits per heavy atom. The molecule has 2 saturated carbocycles. The molecule has 0 radical (unpaired) electrons. The van der Waals surface area contributed by atoms with Gasteiger partial charge in [-0.05, 0) is 77.8 Å². The van der Waals surface area contributed by atoms with Gasteiger partial charge in [-0.25, -0.2) is 4.57 Å². The van der Waals surface area contributed by atoms with E-state index in [4.69, 9.17) is 0 Å². The number of rotatable bonds is 3. The SMILES string of the molecule is Cc1ccccc1-n1c(C)c(C2CCCCC2)[n+](C2CCCCC2)c1C(C)(C)C. The number of nitrogens with zero attached hydrogens (tertiary/aromatic N) is 2. The van der Waals surface area contributed by atoms with E-state index in [0.717, 1.165) is 5.92 Å². The highest BCUT2D eigenvalue weighted by Gasteiger charge is 2.42. The lowest BCUT2D eigenvalue weighted by molar-refractivity contribution is -0.742. The van der Waals surface area contributed by atoms with E-state index < -0.39 is 0 Å². The number of para-hydroxylation sites is 1. The molecule has 0 unspecified atom stereocenters. The summed E-state index contributed by atoms with van der Waals surface area (Å²) in [5, 5.41) is 0. The number of hydrogen-bond acceptors (Lipinski definition) is 0. The summed E-state index contributed by atoms with van der Waals surface area (Å²) in [7, 11) is 0. The first kappa shape index (κ1) is 20.7. The van der Waals surface area contributed by atoms with Crippen LogP contribution in [0.2, 0.25) is 0 Å². The molecular formula is C27H41N2+. The zero-order valence-corrected chi connectivity index (χ0v) is 19.4. The van der Waals surface area contributed by atoms with Crippen molar-refractivity contribution in [2.24, 2.45) is 0 Å². The number of imidazole rings is 1. The molecule has 0 bridgehead atoms. The maximum Gasteiger partial charge on any atom is 0.267 e. The summed E-state index contributed by atoms with van der Waals surface area (Å²) in [6, 6.07) is 9.66. The van der Waals surface area contributed by atoms with Crippen molar-refractivity contribution >= 4 is 0 Å². The minimum atomic E-state index is 0.109. The summed E-state index contributed by atoms with van der Waals surface area (Å²) in [6.07, 6.45) is 13.9. The molecule has 0 saturated heterocycles. The molecule has 2 aromatic rings. The highest BCUT2D eigenvalue weighted by atomic mass is 15.2. The molecular weight excluding hydrogens is 352 g/mol. The highest BCUT2D eigenvalue weighted by molar-refractivity contribution is 5.44. The van der Waals surface area contributed by atoms with Gasteiger partial charge < -0.3 is 0 Å². The van der Waals surface area contributed by atoms with Crippen molar-refractivity contribution < 1.29 is 4.57 Å². The predicted octanol–water partition coefficient (Wildman–Crippen LogP) is 7.23. The van der Waals surface area contributed by atoms with Gasteiger partial charge in [-0.2, -0.15) is 4.57 Å². The third-order valence-electron chi connectivity index (χ3n) is 7.36. The van der Waals surface area contributed by atoms with Crippen molar-refractivity contribution in [3.63, 3.8) is 0 Å². The molecule has 1 aromatic carbocycles. The Labute approximate surface area is 178 Å². The fraction of sp³-hybridized carbons (Fsp3) is 0.667. The summed E-state index contributed by atoms with van der Waals surface area (Å²) < 4.78 is 5.52. The quantitative estimate of drug-likeness (QED) is 0.486.